The van der Waals surface area contributed by atoms with Crippen molar-refractivity contribution in [1.82, 2.24) is 30.2 Å². The zero-order valence-corrected chi connectivity index (χ0v) is 14.6. The smallest absolute Gasteiger partial charge is 0.355 e. The summed E-state index contributed by atoms with van der Waals surface area (Å²) in [7, 11) is 0. The second kappa shape index (κ2) is 7.06. The SMILES string of the molecule is O=C(NC1CCN(c2ncnc3nc[nH]c23)CC1)c1cncc(C(F)(F)F)c1. The Morgan fingerprint density at radius 3 is 2.71 bits per heavy atom. The van der Waals surface area contributed by atoms with Gasteiger partial charge in [0.15, 0.2) is 11.5 Å². The average molecular weight is 391 g/mol. The van der Waals surface area contributed by atoms with Crippen LogP contribution in [0.25, 0.3) is 11.2 Å². The van der Waals surface area contributed by atoms with E-state index in [1.165, 1.54) is 6.33 Å². The Hall–Kier alpha value is -3.24. The molecule has 0 saturated carbocycles. The molecule has 1 saturated heterocycles. The van der Waals surface area contributed by atoms with Crippen molar-refractivity contribution in [3.63, 3.8) is 0 Å². The van der Waals surface area contributed by atoms with Crippen LogP contribution in [-0.2, 0) is 6.18 Å². The van der Waals surface area contributed by atoms with E-state index in [4.69, 9.17) is 0 Å². The van der Waals surface area contributed by atoms with Crippen molar-refractivity contribution in [2.75, 3.05) is 18.0 Å². The number of alkyl halides is 3. The van der Waals surface area contributed by atoms with Crippen LogP contribution in [0.5, 0.6) is 0 Å². The number of imidazole rings is 1. The molecule has 1 aliphatic heterocycles. The highest BCUT2D eigenvalue weighted by atomic mass is 19.4. The first kappa shape index (κ1) is 18.1. The summed E-state index contributed by atoms with van der Waals surface area (Å²) in [6, 6.07) is 0.672. The topological polar surface area (TPSA) is 99.7 Å². The van der Waals surface area contributed by atoms with Crippen molar-refractivity contribution >= 4 is 22.9 Å². The number of nitrogens with zero attached hydrogens (tertiary/aromatic N) is 5. The number of nitrogens with one attached hydrogen (secondary N) is 2. The van der Waals surface area contributed by atoms with E-state index in [1.807, 2.05) is 0 Å². The summed E-state index contributed by atoms with van der Waals surface area (Å²) in [6.07, 6.45) is 1.58. The van der Waals surface area contributed by atoms with Gasteiger partial charge >= 0.3 is 6.18 Å². The minimum absolute atomic E-state index is 0.104. The number of amides is 1. The summed E-state index contributed by atoms with van der Waals surface area (Å²) in [5, 5.41) is 2.79. The van der Waals surface area contributed by atoms with Crippen molar-refractivity contribution in [3.05, 3.63) is 42.2 Å². The van der Waals surface area contributed by atoms with Gasteiger partial charge in [-0.2, -0.15) is 13.2 Å². The second-order valence-electron chi connectivity index (χ2n) is 6.49. The Morgan fingerprint density at radius 1 is 1.18 bits per heavy atom. The minimum atomic E-state index is -4.54. The number of carbonyl (C=O) groups excluding carboxylic acids is 1. The summed E-state index contributed by atoms with van der Waals surface area (Å²) >= 11 is 0. The van der Waals surface area contributed by atoms with Gasteiger partial charge in [0, 0.05) is 31.5 Å². The number of halogens is 3. The van der Waals surface area contributed by atoms with Crippen molar-refractivity contribution in [3.8, 4) is 0 Å². The van der Waals surface area contributed by atoms with Crippen LogP contribution in [0.4, 0.5) is 19.0 Å². The Bertz CT molecular complexity index is 996. The predicted octanol–water partition coefficient (Wildman–Crippen LogP) is 2.17. The lowest BCUT2D eigenvalue weighted by atomic mass is 10.0. The lowest BCUT2D eigenvalue weighted by Crippen LogP contribution is -2.45. The van der Waals surface area contributed by atoms with Crippen LogP contribution in [0.15, 0.2) is 31.1 Å². The highest BCUT2D eigenvalue weighted by Crippen LogP contribution is 2.29. The van der Waals surface area contributed by atoms with E-state index < -0.39 is 17.6 Å². The summed E-state index contributed by atoms with van der Waals surface area (Å²) in [5.74, 6) is 0.185. The zero-order chi connectivity index (χ0) is 19.7. The number of rotatable bonds is 3. The van der Waals surface area contributed by atoms with Crippen molar-refractivity contribution < 1.29 is 18.0 Å². The van der Waals surface area contributed by atoms with Gasteiger partial charge in [-0.1, -0.05) is 0 Å². The molecule has 0 bridgehead atoms. The van der Waals surface area contributed by atoms with Gasteiger partial charge in [0.2, 0.25) is 0 Å². The zero-order valence-electron chi connectivity index (χ0n) is 14.6. The molecular formula is C17H16F3N7O. The van der Waals surface area contributed by atoms with Gasteiger partial charge in [0.1, 0.15) is 11.8 Å². The number of piperidine rings is 1. The van der Waals surface area contributed by atoms with E-state index in [0.29, 0.717) is 37.8 Å². The summed E-state index contributed by atoms with van der Waals surface area (Å²) in [5.41, 5.74) is 0.284. The molecule has 2 N–H and O–H groups in total. The number of pyridine rings is 1. The van der Waals surface area contributed by atoms with E-state index in [1.54, 1.807) is 6.33 Å². The quantitative estimate of drug-likeness (QED) is 0.710. The number of H-pyrrole nitrogens is 1. The molecule has 3 aromatic rings. The van der Waals surface area contributed by atoms with Gasteiger partial charge in [-0.3, -0.25) is 9.78 Å². The van der Waals surface area contributed by atoms with Gasteiger partial charge in [-0.15, -0.1) is 0 Å². The molecule has 8 nitrogen and oxygen atoms in total. The minimum Gasteiger partial charge on any atom is -0.355 e. The maximum Gasteiger partial charge on any atom is 0.417 e. The standard InChI is InChI=1S/C17H16F3N7O/c18-17(19,20)11-5-10(6-21-7-11)16(28)26-12-1-3-27(4-2-12)15-13-14(23-8-22-13)24-9-25-15/h5-9,12H,1-4H2,(H,26,28)(H,22,23,24,25). The molecule has 0 aliphatic carbocycles. The lowest BCUT2D eigenvalue weighted by molar-refractivity contribution is -0.137. The Labute approximate surface area is 157 Å². The van der Waals surface area contributed by atoms with Gasteiger partial charge in [-0.25, -0.2) is 15.0 Å². The lowest BCUT2D eigenvalue weighted by Gasteiger charge is -2.33. The molecule has 0 radical (unpaired) electrons. The fourth-order valence-electron chi connectivity index (χ4n) is 3.22. The Balaban J connectivity index is 1.39. The summed E-state index contributed by atoms with van der Waals surface area (Å²) in [4.78, 5) is 33.4. The van der Waals surface area contributed by atoms with Crippen LogP contribution >= 0.6 is 0 Å². The average Bonchev–Trinajstić information content (AvgIpc) is 3.17. The van der Waals surface area contributed by atoms with E-state index >= 15 is 0 Å². The maximum atomic E-state index is 12.8. The third-order valence-corrected chi connectivity index (χ3v) is 4.66. The third-order valence-electron chi connectivity index (χ3n) is 4.66. The molecule has 1 amide bonds. The number of anilines is 1. The van der Waals surface area contributed by atoms with E-state index in [2.05, 4.69) is 35.1 Å². The third kappa shape index (κ3) is 3.59. The van der Waals surface area contributed by atoms with E-state index in [-0.39, 0.29) is 11.6 Å². The molecule has 0 atom stereocenters. The highest BCUT2D eigenvalue weighted by Gasteiger charge is 2.32. The van der Waals surface area contributed by atoms with E-state index in [0.717, 1.165) is 23.6 Å². The maximum absolute atomic E-state index is 12.8. The van der Waals surface area contributed by atoms with Gasteiger partial charge in [-0.05, 0) is 18.9 Å². The molecule has 0 spiro atoms. The number of aromatic amines is 1. The molecule has 1 aliphatic rings. The largest absolute Gasteiger partial charge is 0.417 e. The molecule has 3 aromatic heterocycles. The molecule has 0 unspecified atom stereocenters. The van der Waals surface area contributed by atoms with Crippen LogP contribution in [0.3, 0.4) is 0 Å². The first-order chi connectivity index (χ1) is 13.4. The van der Waals surface area contributed by atoms with Crippen molar-refractivity contribution in [1.29, 1.82) is 0 Å². The molecule has 11 heteroatoms. The Morgan fingerprint density at radius 2 is 1.96 bits per heavy atom. The monoisotopic (exact) mass is 391 g/mol. The van der Waals surface area contributed by atoms with Crippen LogP contribution in [0.1, 0.15) is 28.8 Å². The highest BCUT2D eigenvalue weighted by molar-refractivity contribution is 5.94. The number of aromatic nitrogens is 5. The van der Waals surface area contributed by atoms with Crippen LogP contribution < -0.4 is 10.2 Å². The summed E-state index contributed by atoms with van der Waals surface area (Å²) < 4.78 is 38.4. The molecule has 0 aromatic carbocycles. The Kier molecular flexibility index (Phi) is 4.57. The number of carbonyl (C=O) groups is 1. The molecule has 146 valence electrons. The molecular weight excluding hydrogens is 375 g/mol. The molecule has 4 heterocycles. The van der Waals surface area contributed by atoms with E-state index in [9.17, 15) is 18.0 Å². The van der Waals surface area contributed by atoms with Gasteiger partial charge in [0.05, 0.1) is 17.5 Å². The number of hydrogen-bond donors (Lipinski definition) is 2. The summed E-state index contributed by atoms with van der Waals surface area (Å²) in [6.45, 7) is 1.27. The first-order valence-corrected chi connectivity index (χ1v) is 8.64. The normalized spacial score (nSPS) is 15.8. The van der Waals surface area contributed by atoms with Crippen molar-refractivity contribution in [2.24, 2.45) is 0 Å². The fraction of sp³-hybridized carbons (Fsp3) is 0.353. The van der Waals surface area contributed by atoms with Crippen LogP contribution in [0.2, 0.25) is 0 Å². The van der Waals surface area contributed by atoms with Crippen molar-refractivity contribution in [2.45, 2.75) is 25.1 Å². The second-order valence-corrected chi connectivity index (χ2v) is 6.49. The molecule has 1 fully saturated rings. The van der Waals surface area contributed by atoms with Crippen LogP contribution in [0, 0.1) is 0 Å². The fourth-order valence-corrected chi connectivity index (χ4v) is 3.22. The number of fused-ring (bicyclic) bond motifs is 1. The molecule has 28 heavy (non-hydrogen) atoms. The predicted molar refractivity (Wildman–Crippen MR) is 93.6 cm³/mol. The van der Waals surface area contributed by atoms with Gasteiger partial charge in [0.25, 0.3) is 5.91 Å². The first-order valence-electron chi connectivity index (χ1n) is 8.64. The van der Waals surface area contributed by atoms with Gasteiger partial charge < -0.3 is 15.2 Å². The number of hydrogen-bond acceptors (Lipinski definition) is 6. The molecule has 4 rings (SSSR count). The van der Waals surface area contributed by atoms with Crippen LogP contribution in [-0.4, -0.2) is 50.0 Å².